The van der Waals surface area contributed by atoms with Crippen LogP contribution in [0.1, 0.15) is 5.82 Å². The summed E-state index contributed by atoms with van der Waals surface area (Å²) in [6.45, 7) is 0. The molecule has 0 aliphatic carbocycles. The van der Waals surface area contributed by atoms with Crippen molar-refractivity contribution < 1.29 is 4.39 Å². The van der Waals surface area contributed by atoms with Gasteiger partial charge in [-0.3, -0.25) is 0 Å². The molecule has 0 bridgehead atoms. The highest BCUT2D eigenvalue weighted by Gasteiger charge is 2.27. The number of allylic oxidation sites excluding steroid dienone is 2. The van der Waals surface area contributed by atoms with Crippen LogP contribution >= 0.6 is 11.6 Å². The van der Waals surface area contributed by atoms with Gasteiger partial charge in [0.05, 0.1) is 11.2 Å². The minimum Gasteiger partial charge on any atom is -0.381 e. The van der Waals surface area contributed by atoms with Crippen LogP contribution in [0, 0.1) is 5.82 Å². The van der Waals surface area contributed by atoms with Gasteiger partial charge in [-0.05, 0) is 6.08 Å². The van der Waals surface area contributed by atoms with E-state index in [9.17, 15) is 4.39 Å². The Hall–Kier alpha value is -2.08. The van der Waals surface area contributed by atoms with Crippen LogP contribution in [-0.2, 0) is 0 Å². The lowest BCUT2D eigenvalue weighted by atomic mass is 10.0. The molecule has 1 aromatic rings. The number of nitrogens with zero attached hydrogens (tertiary/aromatic N) is 2. The summed E-state index contributed by atoms with van der Waals surface area (Å²) in [6.07, 6.45) is 6.23. The number of nitrogen functional groups attached to an aromatic ring is 1. The van der Waals surface area contributed by atoms with Crippen LogP contribution in [0.5, 0.6) is 0 Å². The van der Waals surface area contributed by atoms with Crippen LogP contribution in [-0.4, -0.2) is 16.1 Å². The lowest BCUT2D eigenvalue weighted by Crippen LogP contribution is -2.36. The van der Waals surface area contributed by atoms with Crippen LogP contribution in [0.2, 0.25) is 0 Å². The Labute approximate surface area is 107 Å². The lowest BCUT2D eigenvalue weighted by molar-refractivity contribution is 0.618. The van der Waals surface area contributed by atoms with Crippen LogP contribution in [0.25, 0.3) is 5.57 Å². The summed E-state index contributed by atoms with van der Waals surface area (Å²) in [7, 11) is 0. The van der Waals surface area contributed by atoms with Gasteiger partial charge in [-0.15, -0.1) is 0 Å². The van der Waals surface area contributed by atoms with Crippen molar-refractivity contribution in [3.05, 3.63) is 46.9 Å². The van der Waals surface area contributed by atoms with E-state index >= 15 is 0 Å². The Morgan fingerprint density at radius 2 is 2.11 bits per heavy atom. The topological polar surface area (TPSA) is 75.9 Å². The first-order valence-corrected chi connectivity index (χ1v) is 5.61. The SMILES string of the molecule is Nc1nc(C2=CN[C@@H]3NC=C(Cl)C=C23)ncc1F. The van der Waals surface area contributed by atoms with Crippen LogP contribution in [0.15, 0.2) is 35.3 Å². The van der Waals surface area contributed by atoms with Crippen molar-refractivity contribution in [1.29, 1.82) is 0 Å². The molecule has 5 nitrogen and oxygen atoms in total. The smallest absolute Gasteiger partial charge is 0.183 e. The molecule has 18 heavy (non-hydrogen) atoms. The highest BCUT2D eigenvalue weighted by Crippen LogP contribution is 2.30. The number of anilines is 1. The monoisotopic (exact) mass is 265 g/mol. The number of hydrogen-bond acceptors (Lipinski definition) is 5. The Morgan fingerprint density at radius 1 is 1.33 bits per heavy atom. The van der Waals surface area contributed by atoms with Crippen LogP contribution < -0.4 is 16.4 Å². The van der Waals surface area contributed by atoms with Gasteiger partial charge in [-0.2, -0.15) is 0 Å². The summed E-state index contributed by atoms with van der Waals surface area (Å²) in [5.74, 6) is -0.436. The molecule has 0 saturated heterocycles. The summed E-state index contributed by atoms with van der Waals surface area (Å²) in [6, 6.07) is 0. The second-order valence-electron chi connectivity index (χ2n) is 3.88. The van der Waals surface area contributed by atoms with Gasteiger partial charge in [0.1, 0.15) is 6.17 Å². The van der Waals surface area contributed by atoms with Crippen molar-refractivity contribution >= 4 is 23.0 Å². The molecule has 3 heterocycles. The average Bonchev–Trinajstić information content (AvgIpc) is 2.75. The number of rotatable bonds is 1. The fourth-order valence-corrected chi connectivity index (χ4v) is 2.03. The van der Waals surface area contributed by atoms with Crippen LogP contribution in [0.4, 0.5) is 10.2 Å². The normalized spacial score (nSPS) is 21.2. The molecule has 92 valence electrons. The highest BCUT2D eigenvalue weighted by molar-refractivity contribution is 6.31. The summed E-state index contributed by atoms with van der Waals surface area (Å²) < 4.78 is 13.0. The third kappa shape index (κ3) is 1.70. The van der Waals surface area contributed by atoms with Gasteiger partial charge < -0.3 is 16.4 Å². The molecule has 2 aliphatic heterocycles. The maximum absolute atomic E-state index is 13.0. The average molecular weight is 266 g/mol. The molecule has 0 amide bonds. The Morgan fingerprint density at radius 3 is 2.89 bits per heavy atom. The molecule has 0 fully saturated rings. The first-order chi connectivity index (χ1) is 8.65. The molecule has 4 N–H and O–H groups in total. The molecule has 2 aliphatic rings. The van der Waals surface area contributed by atoms with Gasteiger partial charge in [0.2, 0.25) is 0 Å². The fourth-order valence-electron chi connectivity index (χ4n) is 1.85. The predicted molar refractivity (Wildman–Crippen MR) is 66.5 cm³/mol. The summed E-state index contributed by atoms with van der Waals surface area (Å²) >= 11 is 5.93. The van der Waals surface area contributed by atoms with E-state index in [-0.39, 0.29) is 12.0 Å². The Bertz CT molecular complexity index is 607. The quantitative estimate of drug-likeness (QED) is 0.708. The number of nitrogens with two attached hydrogens (primary N) is 1. The molecule has 0 unspecified atom stereocenters. The zero-order valence-electron chi connectivity index (χ0n) is 9.11. The first-order valence-electron chi connectivity index (χ1n) is 5.23. The molecular weight excluding hydrogens is 257 g/mol. The minimum absolute atomic E-state index is 0.0719. The number of halogens is 2. The van der Waals surface area contributed by atoms with Gasteiger partial charge in [0.25, 0.3) is 0 Å². The summed E-state index contributed by atoms with van der Waals surface area (Å²) in [4.78, 5) is 7.85. The maximum Gasteiger partial charge on any atom is 0.183 e. The number of fused-ring (bicyclic) bond motifs is 1. The third-order valence-corrected chi connectivity index (χ3v) is 2.93. The largest absolute Gasteiger partial charge is 0.381 e. The Balaban J connectivity index is 2.02. The van der Waals surface area contributed by atoms with E-state index in [1.165, 1.54) is 0 Å². The lowest BCUT2D eigenvalue weighted by Gasteiger charge is -2.19. The van der Waals surface area contributed by atoms with E-state index in [2.05, 4.69) is 20.6 Å². The fraction of sp³-hybridized carbons (Fsp3) is 0.0909. The van der Waals surface area contributed by atoms with E-state index in [1.807, 2.05) is 0 Å². The van der Waals surface area contributed by atoms with Crippen LogP contribution in [0.3, 0.4) is 0 Å². The first kappa shape index (κ1) is 11.0. The molecule has 1 aromatic heterocycles. The van der Waals surface area contributed by atoms with Gasteiger partial charge in [-0.25, -0.2) is 14.4 Å². The van der Waals surface area contributed by atoms with Crippen molar-refractivity contribution in [3.8, 4) is 0 Å². The van der Waals surface area contributed by atoms with Crippen molar-refractivity contribution in [2.45, 2.75) is 6.17 Å². The van der Waals surface area contributed by atoms with E-state index < -0.39 is 5.82 Å². The third-order valence-electron chi connectivity index (χ3n) is 2.71. The molecular formula is C11H9ClFN5. The summed E-state index contributed by atoms with van der Waals surface area (Å²) in [5, 5.41) is 6.75. The van der Waals surface area contributed by atoms with Gasteiger partial charge in [0, 0.05) is 23.5 Å². The molecule has 0 radical (unpaired) electrons. The molecule has 0 saturated carbocycles. The van der Waals surface area contributed by atoms with E-state index in [4.69, 9.17) is 17.3 Å². The number of aromatic nitrogens is 2. The van der Waals surface area contributed by atoms with Gasteiger partial charge >= 0.3 is 0 Å². The van der Waals surface area contributed by atoms with E-state index in [0.717, 1.165) is 17.3 Å². The molecule has 3 rings (SSSR count). The standard InChI is InChI=1S/C11H9ClFN5/c12-5-1-6-7(3-16-10(6)15-2-5)11-17-4-8(13)9(14)18-11/h1-4,10,15-16H,(H2,14,17,18)/t10-/m0/s1. The van der Waals surface area contributed by atoms with Crippen molar-refractivity contribution in [2.75, 3.05) is 5.73 Å². The predicted octanol–water partition coefficient (Wildman–Crippen LogP) is 1.08. The summed E-state index contributed by atoms with van der Waals surface area (Å²) in [5.41, 5.74) is 7.08. The number of hydrogen-bond donors (Lipinski definition) is 3. The second-order valence-corrected chi connectivity index (χ2v) is 4.32. The zero-order valence-corrected chi connectivity index (χ0v) is 9.87. The minimum atomic E-state index is -0.629. The highest BCUT2D eigenvalue weighted by atomic mass is 35.5. The molecule has 7 heteroatoms. The zero-order chi connectivity index (χ0) is 12.7. The van der Waals surface area contributed by atoms with E-state index in [0.29, 0.717) is 10.9 Å². The number of nitrogens with one attached hydrogen (secondary N) is 2. The van der Waals surface area contributed by atoms with Gasteiger partial charge in [-0.1, -0.05) is 11.6 Å². The van der Waals surface area contributed by atoms with Crippen molar-refractivity contribution in [2.24, 2.45) is 0 Å². The second kappa shape index (κ2) is 3.99. The van der Waals surface area contributed by atoms with Crippen molar-refractivity contribution in [3.63, 3.8) is 0 Å². The van der Waals surface area contributed by atoms with E-state index in [1.54, 1.807) is 18.5 Å². The number of dihydropyridines is 1. The maximum atomic E-state index is 13.0. The molecule has 0 aromatic carbocycles. The van der Waals surface area contributed by atoms with Gasteiger partial charge in [0.15, 0.2) is 17.5 Å². The van der Waals surface area contributed by atoms with Crippen molar-refractivity contribution in [1.82, 2.24) is 20.6 Å². The Kier molecular flexibility index (Phi) is 2.45. The molecule has 0 spiro atoms. The molecule has 1 atom stereocenters.